The summed E-state index contributed by atoms with van der Waals surface area (Å²) in [6.07, 6.45) is 0. The van der Waals surface area contributed by atoms with E-state index in [0.29, 0.717) is 0 Å². The van der Waals surface area contributed by atoms with E-state index in [-0.39, 0.29) is 0 Å². The number of hydrogen-bond donors (Lipinski definition) is 0. The van der Waals surface area contributed by atoms with Gasteiger partial charge in [0.25, 0.3) is 0 Å². The minimum absolute atomic E-state index is 0.849. The molecular formula is C52H31NO3. The van der Waals surface area contributed by atoms with Crippen molar-refractivity contribution in [1.82, 2.24) is 0 Å². The number of anilines is 3. The smallest absolute Gasteiger partial charge is 0.143 e. The van der Waals surface area contributed by atoms with Gasteiger partial charge in [-0.05, 0) is 94.9 Å². The van der Waals surface area contributed by atoms with Crippen LogP contribution in [0.5, 0.6) is 0 Å². The fourth-order valence-electron chi connectivity index (χ4n) is 8.57. The second-order valence-corrected chi connectivity index (χ2v) is 14.5. The third-order valence-electron chi connectivity index (χ3n) is 11.3. The van der Waals surface area contributed by atoms with Gasteiger partial charge in [-0.25, -0.2) is 0 Å². The molecule has 0 atom stereocenters. The van der Waals surface area contributed by atoms with E-state index in [4.69, 9.17) is 13.3 Å². The molecule has 0 fully saturated rings. The van der Waals surface area contributed by atoms with E-state index in [9.17, 15) is 0 Å². The number of nitrogens with zero attached hydrogens (tertiary/aromatic N) is 1. The van der Waals surface area contributed by atoms with Crippen LogP contribution in [-0.4, -0.2) is 0 Å². The Labute approximate surface area is 321 Å². The van der Waals surface area contributed by atoms with Gasteiger partial charge < -0.3 is 18.2 Å². The normalized spacial score (nSPS) is 11.9. The minimum Gasteiger partial charge on any atom is -0.456 e. The standard InChI is InChI=1S/C52H31NO3/c1-2-11-39-33(9-1)19-25-43-45-30-35(21-28-50(45)56-52(39)43)38-10-3-6-14-46(38)53(37-24-26-42-40-12-4-7-15-47(40)55-51(42)31-37)36-22-17-32(18-23-36)34-20-27-49-44(29-34)41-13-5-8-16-48(41)54-49/h1-31H. The molecule has 262 valence electrons. The molecule has 0 aliphatic heterocycles. The van der Waals surface area contributed by atoms with Crippen molar-refractivity contribution in [2.75, 3.05) is 4.90 Å². The average Bonchev–Trinajstić information content (AvgIpc) is 3.95. The second-order valence-electron chi connectivity index (χ2n) is 14.5. The molecule has 0 spiro atoms. The molecular weight excluding hydrogens is 687 g/mol. The summed E-state index contributed by atoms with van der Waals surface area (Å²) in [6, 6.07) is 66.2. The van der Waals surface area contributed by atoms with Crippen molar-refractivity contribution in [3.05, 3.63) is 188 Å². The van der Waals surface area contributed by atoms with E-state index in [1.165, 1.54) is 5.39 Å². The van der Waals surface area contributed by atoms with Gasteiger partial charge in [0.05, 0.1) is 5.69 Å². The van der Waals surface area contributed by atoms with Crippen LogP contribution in [0.1, 0.15) is 0 Å². The average molecular weight is 718 g/mol. The van der Waals surface area contributed by atoms with Crippen molar-refractivity contribution >= 4 is 93.7 Å². The van der Waals surface area contributed by atoms with E-state index in [0.717, 1.165) is 111 Å². The van der Waals surface area contributed by atoms with E-state index in [1.807, 2.05) is 24.3 Å². The van der Waals surface area contributed by atoms with Crippen molar-refractivity contribution in [2.24, 2.45) is 0 Å². The third-order valence-corrected chi connectivity index (χ3v) is 11.3. The van der Waals surface area contributed by atoms with Crippen molar-refractivity contribution in [3.63, 3.8) is 0 Å². The van der Waals surface area contributed by atoms with Gasteiger partial charge in [0.15, 0.2) is 0 Å². The highest BCUT2D eigenvalue weighted by molar-refractivity contribution is 6.16. The lowest BCUT2D eigenvalue weighted by atomic mass is 9.98. The molecule has 0 unspecified atom stereocenters. The number of benzene rings is 9. The van der Waals surface area contributed by atoms with Gasteiger partial charge in [0.1, 0.15) is 33.5 Å². The maximum Gasteiger partial charge on any atom is 0.143 e. The first-order valence-electron chi connectivity index (χ1n) is 18.9. The molecule has 0 N–H and O–H groups in total. The summed E-state index contributed by atoms with van der Waals surface area (Å²) >= 11 is 0. The van der Waals surface area contributed by atoms with Gasteiger partial charge >= 0.3 is 0 Å². The monoisotopic (exact) mass is 717 g/mol. The quantitative estimate of drug-likeness (QED) is 0.178. The van der Waals surface area contributed by atoms with Crippen molar-refractivity contribution in [1.29, 1.82) is 0 Å². The lowest BCUT2D eigenvalue weighted by Gasteiger charge is -2.28. The Morgan fingerprint density at radius 2 is 0.857 bits per heavy atom. The number of fused-ring (bicyclic) bond motifs is 11. The summed E-state index contributed by atoms with van der Waals surface area (Å²) in [7, 11) is 0. The molecule has 3 aromatic heterocycles. The summed E-state index contributed by atoms with van der Waals surface area (Å²) in [5.74, 6) is 0. The Hall–Kier alpha value is -7.56. The highest BCUT2D eigenvalue weighted by atomic mass is 16.3. The summed E-state index contributed by atoms with van der Waals surface area (Å²) in [4.78, 5) is 2.34. The first kappa shape index (κ1) is 30.9. The molecule has 0 saturated carbocycles. The van der Waals surface area contributed by atoms with Crippen LogP contribution < -0.4 is 4.90 Å². The highest BCUT2D eigenvalue weighted by Gasteiger charge is 2.20. The highest BCUT2D eigenvalue weighted by Crippen LogP contribution is 2.45. The SMILES string of the molecule is c1ccc(N(c2ccc(-c3ccc4oc5ccccc5c4c3)cc2)c2ccc3c(c2)oc2ccccc23)c(-c2ccc3oc4c5ccccc5ccc4c3c2)c1. The van der Waals surface area contributed by atoms with E-state index in [2.05, 4.69) is 169 Å². The van der Waals surface area contributed by atoms with Crippen LogP contribution in [0.2, 0.25) is 0 Å². The Balaban J connectivity index is 1.02. The zero-order valence-corrected chi connectivity index (χ0v) is 30.1. The number of furan rings is 3. The zero-order chi connectivity index (χ0) is 36.7. The lowest BCUT2D eigenvalue weighted by molar-refractivity contribution is 0.668. The first-order valence-corrected chi connectivity index (χ1v) is 18.9. The van der Waals surface area contributed by atoms with Crippen molar-refractivity contribution in [3.8, 4) is 22.3 Å². The summed E-state index contributed by atoms with van der Waals surface area (Å²) < 4.78 is 19.1. The fourth-order valence-corrected chi connectivity index (χ4v) is 8.57. The van der Waals surface area contributed by atoms with E-state index >= 15 is 0 Å². The molecule has 9 aromatic carbocycles. The number of hydrogen-bond acceptors (Lipinski definition) is 4. The Morgan fingerprint density at radius 1 is 0.304 bits per heavy atom. The predicted octanol–water partition coefficient (Wildman–Crippen LogP) is 15.3. The van der Waals surface area contributed by atoms with Gasteiger partial charge in [-0.15, -0.1) is 0 Å². The van der Waals surface area contributed by atoms with Gasteiger partial charge in [-0.1, -0.05) is 109 Å². The van der Waals surface area contributed by atoms with Crippen LogP contribution in [0.15, 0.2) is 201 Å². The summed E-state index contributed by atoms with van der Waals surface area (Å²) in [6.45, 7) is 0. The molecule has 0 aliphatic rings. The van der Waals surface area contributed by atoms with E-state index < -0.39 is 0 Å². The van der Waals surface area contributed by atoms with Crippen LogP contribution in [0, 0.1) is 0 Å². The molecule has 4 nitrogen and oxygen atoms in total. The molecule has 0 bridgehead atoms. The van der Waals surface area contributed by atoms with Gasteiger partial charge in [-0.3, -0.25) is 0 Å². The molecule has 3 heterocycles. The van der Waals surface area contributed by atoms with Crippen molar-refractivity contribution in [2.45, 2.75) is 0 Å². The predicted molar refractivity (Wildman–Crippen MR) is 231 cm³/mol. The topological polar surface area (TPSA) is 42.7 Å². The van der Waals surface area contributed by atoms with Gasteiger partial charge in [0, 0.05) is 60.7 Å². The molecule has 12 rings (SSSR count). The first-order chi connectivity index (χ1) is 27.7. The summed E-state index contributed by atoms with van der Waals surface area (Å²) in [5.41, 5.74) is 12.9. The van der Waals surface area contributed by atoms with Crippen LogP contribution in [0.4, 0.5) is 17.1 Å². The van der Waals surface area contributed by atoms with Gasteiger partial charge in [0.2, 0.25) is 0 Å². The fraction of sp³-hybridized carbons (Fsp3) is 0. The molecule has 56 heavy (non-hydrogen) atoms. The molecule has 0 aliphatic carbocycles. The number of para-hydroxylation sites is 3. The largest absolute Gasteiger partial charge is 0.456 e. The maximum absolute atomic E-state index is 6.50. The zero-order valence-electron chi connectivity index (χ0n) is 30.1. The Kier molecular flexibility index (Phi) is 6.60. The van der Waals surface area contributed by atoms with Crippen molar-refractivity contribution < 1.29 is 13.3 Å². The lowest BCUT2D eigenvalue weighted by Crippen LogP contribution is -2.11. The molecule has 4 heteroatoms. The third kappa shape index (κ3) is 4.73. The molecule has 0 amide bonds. The summed E-state index contributed by atoms with van der Waals surface area (Å²) in [5, 5.41) is 8.95. The second kappa shape index (κ2) is 12.0. The van der Waals surface area contributed by atoms with E-state index in [1.54, 1.807) is 0 Å². The maximum atomic E-state index is 6.50. The molecule has 12 aromatic rings. The number of rotatable bonds is 5. The Morgan fingerprint density at radius 3 is 1.70 bits per heavy atom. The Bertz CT molecular complexity index is 3490. The van der Waals surface area contributed by atoms with Crippen LogP contribution in [0.3, 0.4) is 0 Å². The van der Waals surface area contributed by atoms with Crippen LogP contribution in [0.25, 0.3) is 98.8 Å². The molecule has 0 radical (unpaired) electrons. The van der Waals surface area contributed by atoms with Gasteiger partial charge in [-0.2, -0.15) is 0 Å². The van der Waals surface area contributed by atoms with Crippen LogP contribution >= 0.6 is 0 Å². The van der Waals surface area contributed by atoms with Crippen LogP contribution in [-0.2, 0) is 0 Å². The minimum atomic E-state index is 0.849. The molecule has 0 saturated heterocycles.